The summed E-state index contributed by atoms with van der Waals surface area (Å²) >= 11 is 7.18. The van der Waals surface area contributed by atoms with Crippen molar-refractivity contribution in [3.05, 3.63) is 46.4 Å². The van der Waals surface area contributed by atoms with Gasteiger partial charge < -0.3 is 4.98 Å². The minimum atomic E-state index is 0.694. The Labute approximate surface area is 117 Å². The van der Waals surface area contributed by atoms with Crippen molar-refractivity contribution in [3.63, 3.8) is 0 Å². The Balaban J connectivity index is 2.46. The molecule has 1 aromatic carbocycles. The zero-order chi connectivity index (χ0) is 13.0. The van der Waals surface area contributed by atoms with Crippen LogP contribution < -0.4 is 0 Å². The number of benzene rings is 1. The lowest BCUT2D eigenvalue weighted by Gasteiger charge is -2.09. The molecule has 94 valence electrons. The van der Waals surface area contributed by atoms with Crippen molar-refractivity contribution in [2.45, 2.75) is 19.6 Å². The van der Waals surface area contributed by atoms with Crippen LogP contribution >= 0.6 is 24.0 Å². The summed E-state index contributed by atoms with van der Waals surface area (Å²) in [7, 11) is 0. The highest BCUT2D eigenvalue weighted by Gasteiger charge is 2.06. The van der Waals surface area contributed by atoms with Crippen LogP contribution in [-0.2, 0) is 5.75 Å². The Morgan fingerprint density at radius 3 is 2.67 bits per heavy atom. The molecule has 0 aliphatic heterocycles. The molecule has 0 bridgehead atoms. The molecular formula is C14H16N2S2. The van der Waals surface area contributed by atoms with E-state index in [1.807, 2.05) is 36.9 Å². The Bertz CT molecular complexity index is 576. The van der Waals surface area contributed by atoms with Crippen LogP contribution in [0.1, 0.15) is 18.3 Å². The lowest BCUT2D eigenvalue weighted by Crippen LogP contribution is -1.99. The minimum absolute atomic E-state index is 0.694. The second-order valence-corrected chi connectivity index (χ2v) is 5.65. The summed E-state index contributed by atoms with van der Waals surface area (Å²) in [5.74, 6) is 2.91. The molecule has 2 nitrogen and oxygen atoms in total. The topological polar surface area (TPSA) is 28.7 Å². The number of thioether (sulfide) groups is 1. The molecule has 4 heteroatoms. The van der Waals surface area contributed by atoms with E-state index >= 15 is 0 Å². The quantitative estimate of drug-likeness (QED) is 0.841. The summed E-state index contributed by atoms with van der Waals surface area (Å²) < 4.78 is 0.694. The molecule has 2 rings (SSSR count). The average molecular weight is 276 g/mol. The van der Waals surface area contributed by atoms with Crippen LogP contribution in [-0.4, -0.2) is 15.7 Å². The third-order valence-corrected chi connectivity index (χ3v) is 3.99. The molecule has 0 amide bonds. The van der Waals surface area contributed by atoms with Gasteiger partial charge in [0.25, 0.3) is 0 Å². The van der Waals surface area contributed by atoms with Crippen molar-refractivity contribution in [2.75, 3.05) is 5.75 Å². The van der Waals surface area contributed by atoms with Gasteiger partial charge in [0.2, 0.25) is 0 Å². The maximum atomic E-state index is 5.34. The van der Waals surface area contributed by atoms with E-state index in [1.165, 1.54) is 0 Å². The highest BCUT2D eigenvalue weighted by atomic mass is 32.2. The van der Waals surface area contributed by atoms with E-state index in [-0.39, 0.29) is 0 Å². The third kappa shape index (κ3) is 3.00. The summed E-state index contributed by atoms with van der Waals surface area (Å²) in [6.45, 7) is 4.16. The Morgan fingerprint density at radius 2 is 2.00 bits per heavy atom. The summed E-state index contributed by atoms with van der Waals surface area (Å²) in [6, 6.07) is 10.3. The number of rotatable bonds is 4. The van der Waals surface area contributed by atoms with Crippen molar-refractivity contribution in [1.29, 1.82) is 0 Å². The van der Waals surface area contributed by atoms with Crippen LogP contribution in [0.15, 0.2) is 30.3 Å². The molecule has 18 heavy (non-hydrogen) atoms. The van der Waals surface area contributed by atoms with Crippen LogP contribution in [0.5, 0.6) is 0 Å². The predicted octanol–water partition coefficient (Wildman–Crippen LogP) is 4.37. The van der Waals surface area contributed by atoms with Gasteiger partial charge in [0, 0.05) is 5.56 Å². The molecule has 0 aliphatic carbocycles. The van der Waals surface area contributed by atoms with Gasteiger partial charge in [0.1, 0.15) is 10.5 Å². The average Bonchev–Trinajstić information content (AvgIpc) is 2.41. The van der Waals surface area contributed by atoms with E-state index in [1.54, 1.807) is 0 Å². The van der Waals surface area contributed by atoms with Crippen LogP contribution in [0.2, 0.25) is 0 Å². The fourth-order valence-electron chi connectivity index (χ4n) is 1.74. The van der Waals surface area contributed by atoms with Crippen molar-refractivity contribution < 1.29 is 0 Å². The monoisotopic (exact) mass is 276 g/mol. The van der Waals surface area contributed by atoms with Crippen molar-refractivity contribution in [1.82, 2.24) is 9.97 Å². The molecule has 0 radical (unpaired) electrons. The molecule has 1 N–H and O–H groups in total. The first-order valence-electron chi connectivity index (χ1n) is 5.95. The zero-order valence-electron chi connectivity index (χ0n) is 10.6. The fraction of sp³-hybridized carbons (Fsp3) is 0.286. The lowest BCUT2D eigenvalue weighted by atomic mass is 10.1. The van der Waals surface area contributed by atoms with E-state index in [2.05, 4.69) is 29.0 Å². The Kier molecular flexibility index (Phi) is 4.55. The largest absolute Gasteiger partial charge is 0.342 e. The Morgan fingerprint density at radius 1 is 1.28 bits per heavy atom. The second-order valence-electron chi connectivity index (χ2n) is 3.99. The number of nitrogens with zero attached hydrogens (tertiary/aromatic N) is 1. The normalized spacial score (nSPS) is 10.6. The fourth-order valence-corrected chi connectivity index (χ4v) is 2.49. The highest BCUT2D eigenvalue weighted by Crippen LogP contribution is 2.22. The molecule has 0 fully saturated rings. The maximum absolute atomic E-state index is 5.34. The van der Waals surface area contributed by atoms with Gasteiger partial charge in [-0.25, -0.2) is 4.98 Å². The highest BCUT2D eigenvalue weighted by molar-refractivity contribution is 7.98. The van der Waals surface area contributed by atoms with E-state index < -0.39 is 0 Å². The van der Waals surface area contributed by atoms with Gasteiger partial charge in [-0.3, -0.25) is 0 Å². The molecule has 0 aliphatic rings. The molecule has 2 aromatic rings. The van der Waals surface area contributed by atoms with Crippen molar-refractivity contribution >= 4 is 24.0 Å². The Hall–Kier alpha value is -1.13. The van der Waals surface area contributed by atoms with Crippen LogP contribution in [0, 0.1) is 11.6 Å². The van der Waals surface area contributed by atoms with Crippen LogP contribution in [0.3, 0.4) is 0 Å². The second kappa shape index (κ2) is 6.16. The molecule has 1 heterocycles. The number of aromatic nitrogens is 2. The molecule has 0 atom stereocenters. The van der Waals surface area contributed by atoms with E-state index in [0.717, 1.165) is 34.2 Å². The molecule has 0 unspecified atom stereocenters. The van der Waals surface area contributed by atoms with Gasteiger partial charge in [-0.1, -0.05) is 49.5 Å². The summed E-state index contributed by atoms with van der Waals surface area (Å²) in [5, 5.41) is 0. The molecule has 0 saturated heterocycles. The number of hydrogen-bond donors (Lipinski definition) is 1. The molecule has 1 aromatic heterocycles. The molecular weight excluding hydrogens is 260 g/mol. The van der Waals surface area contributed by atoms with Crippen LogP contribution in [0.25, 0.3) is 11.3 Å². The van der Waals surface area contributed by atoms with Crippen LogP contribution in [0.4, 0.5) is 0 Å². The van der Waals surface area contributed by atoms with E-state index in [9.17, 15) is 0 Å². The SMILES string of the molecule is CCSCc1nc(=S)c(C)c(-c2ccccc2)[nH]1. The first-order valence-corrected chi connectivity index (χ1v) is 7.51. The predicted molar refractivity (Wildman–Crippen MR) is 81.4 cm³/mol. The summed E-state index contributed by atoms with van der Waals surface area (Å²) in [6.07, 6.45) is 0. The van der Waals surface area contributed by atoms with Gasteiger partial charge >= 0.3 is 0 Å². The van der Waals surface area contributed by atoms with Gasteiger partial charge in [-0.15, -0.1) is 0 Å². The molecule has 0 saturated carbocycles. The van der Waals surface area contributed by atoms with Crippen molar-refractivity contribution in [2.24, 2.45) is 0 Å². The van der Waals surface area contributed by atoms with Gasteiger partial charge in [0.05, 0.1) is 11.4 Å². The molecule has 0 spiro atoms. The zero-order valence-corrected chi connectivity index (χ0v) is 12.2. The number of nitrogens with one attached hydrogen (secondary N) is 1. The lowest BCUT2D eigenvalue weighted by molar-refractivity contribution is 1.01. The summed E-state index contributed by atoms with van der Waals surface area (Å²) in [4.78, 5) is 7.84. The number of aromatic amines is 1. The summed E-state index contributed by atoms with van der Waals surface area (Å²) in [5.41, 5.74) is 3.29. The number of H-pyrrole nitrogens is 1. The maximum Gasteiger partial charge on any atom is 0.133 e. The standard InChI is InChI=1S/C14H16N2S2/c1-3-18-9-12-15-13(10(2)14(17)16-12)11-7-5-4-6-8-11/h4-8H,3,9H2,1-2H3,(H,15,16,17). The van der Waals surface area contributed by atoms with Crippen molar-refractivity contribution in [3.8, 4) is 11.3 Å². The third-order valence-electron chi connectivity index (χ3n) is 2.71. The van der Waals surface area contributed by atoms with E-state index in [0.29, 0.717) is 4.64 Å². The van der Waals surface area contributed by atoms with Gasteiger partial charge in [-0.05, 0) is 18.2 Å². The number of hydrogen-bond acceptors (Lipinski definition) is 3. The first-order chi connectivity index (χ1) is 8.72. The minimum Gasteiger partial charge on any atom is -0.342 e. The smallest absolute Gasteiger partial charge is 0.133 e. The van der Waals surface area contributed by atoms with Gasteiger partial charge in [-0.2, -0.15) is 11.8 Å². The first kappa shape index (κ1) is 13.3. The van der Waals surface area contributed by atoms with Gasteiger partial charge in [0.15, 0.2) is 0 Å². The van der Waals surface area contributed by atoms with E-state index in [4.69, 9.17) is 12.2 Å².